The second-order valence-corrected chi connectivity index (χ2v) is 3.53. The molecule has 1 aliphatic rings. The molecule has 14 heavy (non-hydrogen) atoms. The third-order valence-corrected chi connectivity index (χ3v) is 2.54. The highest BCUT2D eigenvalue weighted by atomic mass is 14.2. The highest BCUT2D eigenvalue weighted by Gasteiger charge is 2.12. The summed E-state index contributed by atoms with van der Waals surface area (Å²) in [5, 5.41) is 0. The molecule has 0 saturated heterocycles. The van der Waals surface area contributed by atoms with Gasteiger partial charge in [0.25, 0.3) is 0 Å². The predicted molar refractivity (Wildman–Crippen MR) is 66.5 cm³/mol. The highest BCUT2D eigenvalue weighted by Crippen LogP contribution is 2.31. The summed E-state index contributed by atoms with van der Waals surface area (Å²) < 4.78 is 0. The summed E-state index contributed by atoms with van der Waals surface area (Å²) in [4.78, 5) is 0. The van der Waals surface area contributed by atoms with Crippen LogP contribution in [0.1, 0.15) is 54.4 Å². The first-order valence-corrected chi connectivity index (χ1v) is 5.71. The summed E-state index contributed by atoms with van der Waals surface area (Å²) in [6.07, 6.45) is 6.88. The minimum atomic E-state index is 1.16. The number of hydrogen-bond acceptors (Lipinski definition) is 0. The van der Waals surface area contributed by atoms with Gasteiger partial charge in [0.1, 0.15) is 0 Å². The van der Waals surface area contributed by atoms with Crippen molar-refractivity contribution in [1.82, 2.24) is 0 Å². The fourth-order valence-corrected chi connectivity index (χ4v) is 1.63. The monoisotopic (exact) mass is 192 g/mol. The van der Waals surface area contributed by atoms with Crippen LogP contribution >= 0.6 is 0 Å². The molecule has 0 atom stereocenters. The Labute approximate surface area is 89.4 Å². The van der Waals surface area contributed by atoms with E-state index in [1.807, 2.05) is 13.8 Å². The number of rotatable bonds is 1. The molecule has 0 bridgehead atoms. The average molecular weight is 192 g/mol. The molecule has 0 saturated carbocycles. The van der Waals surface area contributed by atoms with Crippen molar-refractivity contribution in [2.45, 2.75) is 54.4 Å². The molecule has 0 fully saturated rings. The van der Waals surface area contributed by atoms with E-state index in [0.29, 0.717) is 0 Å². The lowest BCUT2D eigenvalue weighted by atomic mass is 10.0. The van der Waals surface area contributed by atoms with E-state index in [1.54, 1.807) is 0 Å². The fourth-order valence-electron chi connectivity index (χ4n) is 1.63. The Kier molecular flexibility index (Phi) is 6.27. The van der Waals surface area contributed by atoms with Crippen molar-refractivity contribution in [2.24, 2.45) is 0 Å². The van der Waals surface area contributed by atoms with Crippen molar-refractivity contribution in [2.75, 3.05) is 0 Å². The van der Waals surface area contributed by atoms with Crippen molar-refractivity contribution in [1.29, 1.82) is 0 Å². The van der Waals surface area contributed by atoms with E-state index < -0.39 is 0 Å². The first-order chi connectivity index (χ1) is 6.69. The highest BCUT2D eigenvalue weighted by molar-refractivity contribution is 5.51. The van der Waals surface area contributed by atoms with Crippen molar-refractivity contribution >= 4 is 0 Å². The molecule has 0 heterocycles. The second-order valence-electron chi connectivity index (χ2n) is 3.53. The fraction of sp³-hybridized carbons (Fsp3) is 0.571. The Morgan fingerprint density at radius 3 is 2.43 bits per heavy atom. The molecular weight excluding hydrogens is 168 g/mol. The maximum Gasteiger partial charge on any atom is -0.00639 e. The largest absolute Gasteiger partial charge is 0.0835 e. The van der Waals surface area contributed by atoms with Crippen molar-refractivity contribution < 1.29 is 0 Å². The molecule has 1 aliphatic carbocycles. The van der Waals surface area contributed by atoms with E-state index in [-0.39, 0.29) is 0 Å². The Balaban J connectivity index is 0.000000791. The van der Waals surface area contributed by atoms with Crippen molar-refractivity contribution in [3.8, 4) is 0 Å². The van der Waals surface area contributed by atoms with Gasteiger partial charge in [0.15, 0.2) is 0 Å². The van der Waals surface area contributed by atoms with Gasteiger partial charge in [-0.05, 0) is 44.8 Å². The molecule has 0 heteroatoms. The van der Waals surface area contributed by atoms with Gasteiger partial charge >= 0.3 is 0 Å². The zero-order valence-corrected chi connectivity index (χ0v) is 10.6. The lowest BCUT2D eigenvalue weighted by Crippen LogP contribution is -1.84. The van der Waals surface area contributed by atoms with E-state index >= 15 is 0 Å². The predicted octanol–water partition coefficient (Wildman–Crippen LogP) is 5.04. The third kappa shape index (κ3) is 3.17. The van der Waals surface area contributed by atoms with Crippen molar-refractivity contribution in [3.05, 3.63) is 34.4 Å². The number of hydrogen-bond donors (Lipinski definition) is 0. The summed E-state index contributed by atoms with van der Waals surface area (Å²) in [7, 11) is 0. The van der Waals surface area contributed by atoms with E-state index in [9.17, 15) is 0 Å². The maximum absolute atomic E-state index is 2.33. The normalized spacial score (nSPS) is 21.6. The molecule has 1 rings (SSSR count). The molecular formula is C14H24. The zero-order valence-electron chi connectivity index (χ0n) is 10.6. The summed E-state index contributed by atoms with van der Waals surface area (Å²) in [6, 6.07) is 0. The van der Waals surface area contributed by atoms with Crippen LogP contribution in [0, 0.1) is 0 Å². The first kappa shape index (κ1) is 13.2. The maximum atomic E-state index is 2.33. The molecule has 0 aliphatic heterocycles. The summed E-state index contributed by atoms with van der Waals surface area (Å²) in [6.45, 7) is 12.8. The van der Waals surface area contributed by atoms with Crippen LogP contribution < -0.4 is 0 Å². The molecule has 80 valence electrons. The van der Waals surface area contributed by atoms with Gasteiger partial charge in [0.2, 0.25) is 0 Å². The molecule has 0 aromatic carbocycles. The summed E-state index contributed by atoms with van der Waals surface area (Å²) in [5.41, 5.74) is 6.00. The minimum Gasteiger partial charge on any atom is -0.0835 e. The van der Waals surface area contributed by atoms with Crippen LogP contribution in [0.4, 0.5) is 0 Å². The lowest BCUT2D eigenvalue weighted by molar-refractivity contribution is 1.07. The molecule has 0 amide bonds. The van der Waals surface area contributed by atoms with Gasteiger partial charge in [0.05, 0.1) is 0 Å². The summed E-state index contributed by atoms with van der Waals surface area (Å²) >= 11 is 0. The van der Waals surface area contributed by atoms with Gasteiger partial charge in [-0.25, -0.2) is 0 Å². The van der Waals surface area contributed by atoms with E-state index in [4.69, 9.17) is 0 Å². The van der Waals surface area contributed by atoms with Gasteiger partial charge in [-0.2, -0.15) is 0 Å². The Morgan fingerprint density at radius 1 is 1.43 bits per heavy atom. The van der Waals surface area contributed by atoms with Crippen LogP contribution in [0.2, 0.25) is 0 Å². The third-order valence-electron chi connectivity index (χ3n) is 2.54. The van der Waals surface area contributed by atoms with E-state index in [2.05, 4.69) is 39.8 Å². The van der Waals surface area contributed by atoms with Crippen LogP contribution in [-0.4, -0.2) is 0 Å². The zero-order chi connectivity index (χ0) is 11.1. The van der Waals surface area contributed by atoms with Gasteiger partial charge in [-0.1, -0.05) is 44.1 Å². The SMILES string of the molecule is C/C=C1/CC(C)=C/C1=C(/C)CC.CC. The molecule has 0 aromatic heterocycles. The summed E-state index contributed by atoms with van der Waals surface area (Å²) in [5.74, 6) is 0. The molecule has 0 aromatic rings. The molecule has 0 unspecified atom stereocenters. The molecule has 0 spiro atoms. The quantitative estimate of drug-likeness (QED) is 0.546. The van der Waals surface area contributed by atoms with Crippen LogP contribution in [0.15, 0.2) is 34.4 Å². The van der Waals surface area contributed by atoms with Crippen LogP contribution in [0.25, 0.3) is 0 Å². The molecule has 0 radical (unpaired) electrons. The smallest absolute Gasteiger partial charge is 0.00639 e. The lowest BCUT2D eigenvalue weighted by Gasteiger charge is -2.03. The van der Waals surface area contributed by atoms with Crippen LogP contribution in [-0.2, 0) is 0 Å². The van der Waals surface area contributed by atoms with Crippen LogP contribution in [0.3, 0.4) is 0 Å². The van der Waals surface area contributed by atoms with Crippen molar-refractivity contribution in [3.63, 3.8) is 0 Å². The van der Waals surface area contributed by atoms with Gasteiger partial charge in [0, 0.05) is 0 Å². The van der Waals surface area contributed by atoms with Crippen LogP contribution in [0.5, 0.6) is 0 Å². The van der Waals surface area contributed by atoms with E-state index in [0.717, 1.165) is 12.8 Å². The first-order valence-electron chi connectivity index (χ1n) is 5.71. The Bertz CT molecular complexity index is 262. The second kappa shape index (κ2) is 6.64. The Hall–Kier alpha value is -0.780. The molecule has 0 nitrogen and oxygen atoms in total. The number of allylic oxidation sites excluding steroid dienone is 6. The topological polar surface area (TPSA) is 0 Å². The van der Waals surface area contributed by atoms with Gasteiger partial charge in [-0.15, -0.1) is 0 Å². The molecule has 0 N–H and O–H groups in total. The van der Waals surface area contributed by atoms with Gasteiger partial charge < -0.3 is 0 Å². The van der Waals surface area contributed by atoms with Gasteiger partial charge in [-0.3, -0.25) is 0 Å². The van der Waals surface area contributed by atoms with E-state index in [1.165, 1.54) is 22.3 Å². The minimum absolute atomic E-state index is 1.16. The Morgan fingerprint density at radius 2 is 2.00 bits per heavy atom. The average Bonchev–Trinajstić information content (AvgIpc) is 2.61. The standard InChI is InChI=1S/C12H18.C2H6/c1-5-10(4)12-8-9(3)7-11(12)6-2;1-2/h6,8H,5,7H2,1-4H3;1-2H3/b11-6-,12-10+;.